The van der Waals surface area contributed by atoms with Gasteiger partial charge in [0.25, 0.3) is 10.1 Å². The molecule has 0 saturated carbocycles. The zero-order valence-corrected chi connectivity index (χ0v) is 11.7. The first-order chi connectivity index (χ1) is 9.77. The summed E-state index contributed by atoms with van der Waals surface area (Å²) in [5.41, 5.74) is 5.68. The van der Waals surface area contributed by atoms with E-state index in [-0.39, 0.29) is 17.1 Å². The summed E-state index contributed by atoms with van der Waals surface area (Å²) in [4.78, 5) is 10.3. The van der Waals surface area contributed by atoms with Gasteiger partial charge in [0.1, 0.15) is 5.75 Å². The number of hydrogen-bond donors (Lipinski definition) is 4. The average molecular weight is 310 g/mol. The molecule has 1 amide bonds. The second kappa shape index (κ2) is 5.58. The SMILES string of the molecule is NC(=O)CCNc1ccc2cc(S(=O)(=O)O)cc(O)c2c1. The van der Waals surface area contributed by atoms with Crippen LogP contribution >= 0.6 is 0 Å². The summed E-state index contributed by atoms with van der Waals surface area (Å²) in [6.45, 7) is 0.352. The van der Waals surface area contributed by atoms with E-state index in [1.165, 1.54) is 6.07 Å². The number of hydrogen-bond acceptors (Lipinski definition) is 5. The van der Waals surface area contributed by atoms with E-state index < -0.39 is 16.0 Å². The number of phenolic OH excluding ortho intramolecular Hbond substituents is 1. The smallest absolute Gasteiger partial charge is 0.294 e. The van der Waals surface area contributed by atoms with Crippen molar-refractivity contribution in [3.05, 3.63) is 30.3 Å². The number of carbonyl (C=O) groups is 1. The third kappa shape index (κ3) is 3.61. The Labute approximate surface area is 121 Å². The van der Waals surface area contributed by atoms with Crippen molar-refractivity contribution in [3.63, 3.8) is 0 Å². The molecule has 0 atom stereocenters. The molecule has 0 spiro atoms. The molecule has 2 rings (SSSR count). The Morgan fingerprint density at radius 2 is 1.95 bits per heavy atom. The minimum absolute atomic E-state index is 0.172. The lowest BCUT2D eigenvalue weighted by Crippen LogP contribution is -2.15. The number of nitrogens with one attached hydrogen (secondary N) is 1. The maximum Gasteiger partial charge on any atom is 0.294 e. The van der Waals surface area contributed by atoms with E-state index in [1.807, 2.05) is 0 Å². The van der Waals surface area contributed by atoms with E-state index in [4.69, 9.17) is 10.3 Å². The van der Waals surface area contributed by atoms with Gasteiger partial charge in [0.05, 0.1) is 4.90 Å². The van der Waals surface area contributed by atoms with Crippen molar-refractivity contribution in [1.82, 2.24) is 0 Å². The third-order valence-corrected chi connectivity index (χ3v) is 3.74. The molecule has 0 fully saturated rings. The number of phenols is 1. The molecule has 2 aromatic carbocycles. The molecule has 0 aliphatic carbocycles. The Morgan fingerprint density at radius 1 is 1.24 bits per heavy atom. The van der Waals surface area contributed by atoms with Crippen LogP contribution in [0.2, 0.25) is 0 Å². The predicted octanol–water partition coefficient (Wildman–Crippen LogP) is 1.08. The highest BCUT2D eigenvalue weighted by Gasteiger charge is 2.13. The van der Waals surface area contributed by atoms with Crippen molar-refractivity contribution in [2.75, 3.05) is 11.9 Å². The Balaban J connectivity index is 2.36. The standard InChI is InChI=1S/C13H14N2O5S/c14-13(17)3-4-15-9-2-1-8-5-10(21(18,19)20)7-12(16)11(8)6-9/h1-2,5-7,15-16H,3-4H2,(H2,14,17)(H,18,19,20). The maximum absolute atomic E-state index is 11.1. The average Bonchev–Trinajstić information content (AvgIpc) is 2.37. The van der Waals surface area contributed by atoms with Gasteiger partial charge in [-0.25, -0.2) is 0 Å². The first-order valence-corrected chi connectivity index (χ1v) is 7.48. The normalized spacial score (nSPS) is 11.5. The van der Waals surface area contributed by atoms with Crippen molar-refractivity contribution >= 4 is 32.5 Å². The van der Waals surface area contributed by atoms with Crippen LogP contribution in [0, 0.1) is 0 Å². The lowest BCUT2D eigenvalue weighted by Gasteiger charge is -2.09. The number of aromatic hydroxyl groups is 1. The van der Waals surface area contributed by atoms with E-state index >= 15 is 0 Å². The van der Waals surface area contributed by atoms with Crippen LogP contribution in [0.5, 0.6) is 5.75 Å². The number of fused-ring (bicyclic) bond motifs is 1. The summed E-state index contributed by atoms with van der Waals surface area (Å²) in [6, 6.07) is 7.11. The van der Waals surface area contributed by atoms with E-state index in [0.717, 1.165) is 6.07 Å². The molecule has 0 aromatic heterocycles. The fourth-order valence-electron chi connectivity index (χ4n) is 1.90. The second-order valence-corrected chi connectivity index (χ2v) is 5.92. The van der Waals surface area contributed by atoms with Crippen molar-refractivity contribution in [3.8, 4) is 5.75 Å². The molecule has 0 heterocycles. The summed E-state index contributed by atoms with van der Waals surface area (Å²) in [5, 5.41) is 13.7. The number of carbonyl (C=O) groups excluding carboxylic acids is 1. The van der Waals surface area contributed by atoms with Gasteiger partial charge in [-0.3, -0.25) is 9.35 Å². The topological polar surface area (TPSA) is 130 Å². The molecule has 0 aliphatic heterocycles. The van der Waals surface area contributed by atoms with Gasteiger partial charge in [-0.05, 0) is 23.6 Å². The van der Waals surface area contributed by atoms with Gasteiger partial charge in [-0.1, -0.05) is 6.07 Å². The number of amides is 1. The quantitative estimate of drug-likeness (QED) is 0.611. The zero-order chi connectivity index (χ0) is 15.6. The van der Waals surface area contributed by atoms with Crippen LogP contribution in [0.4, 0.5) is 5.69 Å². The van der Waals surface area contributed by atoms with E-state index in [2.05, 4.69) is 5.32 Å². The van der Waals surface area contributed by atoms with Crippen LogP contribution in [0.25, 0.3) is 10.8 Å². The van der Waals surface area contributed by atoms with Crippen molar-refractivity contribution in [2.24, 2.45) is 5.73 Å². The molecule has 21 heavy (non-hydrogen) atoms. The zero-order valence-electron chi connectivity index (χ0n) is 10.9. The van der Waals surface area contributed by atoms with Crippen LogP contribution in [-0.2, 0) is 14.9 Å². The highest BCUT2D eigenvalue weighted by molar-refractivity contribution is 7.85. The van der Waals surface area contributed by atoms with Crippen molar-refractivity contribution < 1.29 is 22.9 Å². The van der Waals surface area contributed by atoms with Crippen molar-refractivity contribution in [1.29, 1.82) is 0 Å². The van der Waals surface area contributed by atoms with E-state index in [9.17, 15) is 18.3 Å². The third-order valence-electron chi connectivity index (χ3n) is 2.90. The summed E-state index contributed by atoms with van der Waals surface area (Å²) >= 11 is 0. The van der Waals surface area contributed by atoms with Crippen LogP contribution in [0.3, 0.4) is 0 Å². The van der Waals surface area contributed by atoms with Crippen molar-refractivity contribution in [2.45, 2.75) is 11.3 Å². The summed E-state index contributed by atoms with van der Waals surface area (Å²) in [6.07, 6.45) is 0.172. The lowest BCUT2D eigenvalue weighted by atomic mass is 10.1. The number of rotatable bonds is 5. The molecule has 0 unspecified atom stereocenters. The Hall–Kier alpha value is -2.32. The van der Waals surface area contributed by atoms with Gasteiger partial charge in [0, 0.05) is 30.1 Å². The monoisotopic (exact) mass is 310 g/mol. The van der Waals surface area contributed by atoms with Crippen LogP contribution in [0.1, 0.15) is 6.42 Å². The molecule has 0 radical (unpaired) electrons. The first kappa shape index (κ1) is 15.1. The van der Waals surface area contributed by atoms with Crippen LogP contribution in [-0.4, -0.2) is 30.5 Å². The van der Waals surface area contributed by atoms with Gasteiger partial charge in [-0.2, -0.15) is 8.42 Å². The van der Waals surface area contributed by atoms with Gasteiger partial charge in [-0.15, -0.1) is 0 Å². The van der Waals surface area contributed by atoms with Gasteiger partial charge < -0.3 is 16.2 Å². The van der Waals surface area contributed by atoms with Crippen LogP contribution < -0.4 is 11.1 Å². The molecule has 2 aromatic rings. The summed E-state index contributed by atoms with van der Waals surface area (Å²) in [7, 11) is -4.38. The van der Waals surface area contributed by atoms with Crippen LogP contribution in [0.15, 0.2) is 35.2 Å². The second-order valence-electron chi connectivity index (χ2n) is 4.50. The molecule has 5 N–H and O–H groups in total. The lowest BCUT2D eigenvalue weighted by molar-refractivity contribution is -0.117. The maximum atomic E-state index is 11.1. The fraction of sp³-hybridized carbons (Fsp3) is 0.154. The Kier molecular flexibility index (Phi) is 4.01. The minimum Gasteiger partial charge on any atom is -0.507 e. The molecule has 0 aliphatic rings. The predicted molar refractivity (Wildman–Crippen MR) is 77.7 cm³/mol. The molecule has 8 heteroatoms. The fourth-order valence-corrected chi connectivity index (χ4v) is 2.44. The molecule has 112 valence electrons. The van der Waals surface area contributed by atoms with E-state index in [1.54, 1.807) is 18.2 Å². The highest BCUT2D eigenvalue weighted by Crippen LogP contribution is 2.30. The number of anilines is 1. The van der Waals surface area contributed by atoms with Gasteiger partial charge in [0.2, 0.25) is 5.91 Å². The molecule has 7 nitrogen and oxygen atoms in total. The Bertz CT molecular complexity index is 802. The molecular weight excluding hydrogens is 296 g/mol. The summed E-state index contributed by atoms with van der Waals surface area (Å²) in [5.74, 6) is -0.692. The summed E-state index contributed by atoms with van der Waals surface area (Å²) < 4.78 is 31.2. The highest BCUT2D eigenvalue weighted by atomic mass is 32.2. The van der Waals surface area contributed by atoms with E-state index in [0.29, 0.717) is 23.0 Å². The molecule has 0 bridgehead atoms. The Morgan fingerprint density at radius 3 is 2.57 bits per heavy atom. The molecular formula is C13H14N2O5S. The largest absolute Gasteiger partial charge is 0.507 e. The number of primary amides is 1. The van der Waals surface area contributed by atoms with Gasteiger partial charge in [0.15, 0.2) is 0 Å². The van der Waals surface area contributed by atoms with Gasteiger partial charge >= 0.3 is 0 Å². The number of benzene rings is 2. The first-order valence-electron chi connectivity index (χ1n) is 6.04. The molecule has 0 saturated heterocycles. The minimum atomic E-state index is -4.38. The number of nitrogens with two attached hydrogens (primary N) is 1.